The molecule has 0 radical (unpaired) electrons. The van der Waals surface area contributed by atoms with E-state index in [0.717, 1.165) is 0 Å². The molecule has 110 valence electrons. The normalized spacial score (nSPS) is 18.4. The van der Waals surface area contributed by atoms with E-state index in [1.807, 2.05) is 0 Å². The summed E-state index contributed by atoms with van der Waals surface area (Å²) in [7, 11) is 0. The van der Waals surface area contributed by atoms with Crippen molar-refractivity contribution in [2.24, 2.45) is 10.2 Å². The van der Waals surface area contributed by atoms with Crippen LogP contribution in [0.4, 0.5) is 0 Å². The number of benzene rings is 1. The zero-order valence-corrected chi connectivity index (χ0v) is 13.7. The largest absolute Gasteiger partial charge is 0.189 e. The number of hydrogen-bond acceptors (Lipinski definition) is 3. The molecule has 0 saturated heterocycles. The molecule has 0 aromatic heterocycles. The Labute approximate surface area is 127 Å². The smallest absolute Gasteiger partial charge is 0.125 e. The van der Waals surface area contributed by atoms with Gasteiger partial charge in [0.1, 0.15) is 4.87 Å². The lowest BCUT2D eigenvalue weighted by Crippen LogP contribution is -2.11. The Balaban J connectivity index is 1.95. The Morgan fingerprint density at radius 3 is 2.45 bits per heavy atom. The van der Waals surface area contributed by atoms with Gasteiger partial charge in [0.15, 0.2) is 0 Å². The first-order valence-electron chi connectivity index (χ1n) is 7.73. The molecule has 1 saturated carbocycles. The van der Waals surface area contributed by atoms with E-state index in [9.17, 15) is 0 Å². The molecule has 0 amide bonds. The van der Waals surface area contributed by atoms with Gasteiger partial charge in [0.05, 0.1) is 6.04 Å². The molecule has 2 rings (SSSR count). The van der Waals surface area contributed by atoms with Gasteiger partial charge in [0, 0.05) is 4.90 Å². The van der Waals surface area contributed by atoms with Gasteiger partial charge in [-0.15, -0.1) is 0 Å². The summed E-state index contributed by atoms with van der Waals surface area (Å²) in [6.45, 7) is 6.44. The lowest BCUT2D eigenvalue weighted by atomic mass is 10.1. The van der Waals surface area contributed by atoms with Gasteiger partial charge in [-0.05, 0) is 45.7 Å². The summed E-state index contributed by atoms with van der Waals surface area (Å²) in [6.07, 6.45) is 7.80. The highest BCUT2D eigenvalue weighted by atomic mass is 32.2. The van der Waals surface area contributed by atoms with Gasteiger partial charge < -0.3 is 0 Å². The highest BCUT2D eigenvalue weighted by Gasteiger charge is 2.20. The number of azo groups is 1. The highest BCUT2D eigenvalue weighted by Crippen LogP contribution is 2.34. The first-order chi connectivity index (χ1) is 9.55. The van der Waals surface area contributed by atoms with Gasteiger partial charge in [0.2, 0.25) is 0 Å². The fourth-order valence-corrected chi connectivity index (χ4v) is 3.64. The lowest BCUT2D eigenvalue weighted by Gasteiger charge is -2.19. The van der Waals surface area contributed by atoms with Crippen LogP contribution in [0.25, 0.3) is 0 Å². The lowest BCUT2D eigenvalue weighted by molar-refractivity contribution is 0.530. The molecule has 3 heteroatoms. The van der Waals surface area contributed by atoms with E-state index < -0.39 is 0 Å². The van der Waals surface area contributed by atoms with Crippen LogP contribution in [-0.2, 0) is 0 Å². The second kappa shape index (κ2) is 7.26. The predicted molar refractivity (Wildman–Crippen MR) is 87.5 cm³/mol. The SMILES string of the molecule is Cc1cccc(SC(C)(C)N=NC2CCCCCC2)c1. The van der Waals surface area contributed by atoms with Crippen LogP contribution in [0.5, 0.6) is 0 Å². The summed E-state index contributed by atoms with van der Waals surface area (Å²) in [5, 5.41) is 9.27. The Morgan fingerprint density at radius 2 is 1.80 bits per heavy atom. The molecule has 1 aromatic rings. The topological polar surface area (TPSA) is 24.7 Å². The van der Waals surface area contributed by atoms with Gasteiger partial charge in [-0.1, -0.05) is 55.1 Å². The summed E-state index contributed by atoms with van der Waals surface area (Å²) in [6, 6.07) is 9.06. The third kappa shape index (κ3) is 5.28. The molecule has 0 spiro atoms. The van der Waals surface area contributed by atoms with Crippen LogP contribution < -0.4 is 0 Å². The summed E-state index contributed by atoms with van der Waals surface area (Å²) in [5.41, 5.74) is 1.30. The van der Waals surface area contributed by atoms with Gasteiger partial charge in [-0.2, -0.15) is 10.2 Å². The third-order valence-electron chi connectivity index (χ3n) is 3.64. The monoisotopic (exact) mass is 290 g/mol. The van der Waals surface area contributed by atoms with Crippen LogP contribution in [-0.4, -0.2) is 10.9 Å². The molecule has 1 aromatic carbocycles. The summed E-state index contributed by atoms with van der Waals surface area (Å²) in [4.78, 5) is 1.09. The quantitative estimate of drug-likeness (QED) is 0.379. The fraction of sp³-hybridized carbons (Fsp3) is 0.647. The Kier molecular flexibility index (Phi) is 5.64. The number of hydrogen-bond donors (Lipinski definition) is 0. The molecule has 0 atom stereocenters. The molecular weight excluding hydrogens is 264 g/mol. The predicted octanol–water partition coefficient (Wildman–Crippen LogP) is 6.00. The summed E-state index contributed by atoms with van der Waals surface area (Å²) < 4.78 is 0. The Hall–Kier alpha value is -0.830. The van der Waals surface area contributed by atoms with Crippen molar-refractivity contribution in [3.63, 3.8) is 0 Å². The first-order valence-corrected chi connectivity index (χ1v) is 8.54. The van der Waals surface area contributed by atoms with Crippen LogP contribution in [0.1, 0.15) is 57.9 Å². The number of nitrogens with zero attached hydrogens (tertiary/aromatic N) is 2. The number of rotatable bonds is 4. The maximum absolute atomic E-state index is 4.64. The minimum atomic E-state index is -0.180. The van der Waals surface area contributed by atoms with Crippen molar-refractivity contribution in [3.05, 3.63) is 29.8 Å². The number of thioether (sulfide) groups is 1. The van der Waals surface area contributed by atoms with Crippen LogP contribution in [0, 0.1) is 6.92 Å². The molecule has 1 fully saturated rings. The Bertz CT molecular complexity index is 446. The van der Waals surface area contributed by atoms with E-state index in [1.54, 1.807) is 11.8 Å². The van der Waals surface area contributed by atoms with E-state index in [-0.39, 0.29) is 4.87 Å². The second-order valence-electron chi connectivity index (χ2n) is 6.23. The van der Waals surface area contributed by atoms with Crippen molar-refractivity contribution < 1.29 is 0 Å². The molecule has 0 N–H and O–H groups in total. The van der Waals surface area contributed by atoms with Crippen molar-refractivity contribution in [2.45, 2.75) is 75.1 Å². The number of aryl methyl sites for hydroxylation is 1. The first kappa shape index (κ1) is 15.6. The average molecular weight is 290 g/mol. The second-order valence-corrected chi connectivity index (χ2v) is 7.90. The molecule has 0 bridgehead atoms. The van der Waals surface area contributed by atoms with Crippen LogP contribution in [0.15, 0.2) is 39.4 Å². The maximum atomic E-state index is 4.64. The third-order valence-corrected chi connectivity index (χ3v) is 4.71. The van der Waals surface area contributed by atoms with E-state index in [2.05, 4.69) is 55.3 Å². The summed E-state index contributed by atoms with van der Waals surface area (Å²) in [5.74, 6) is 0. The standard InChI is InChI=1S/C17H26N2S/c1-14-9-8-12-16(13-14)20-17(2,3)19-18-15-10-6-4-5-7-11-15/h8-9,12-13,15H,4-7,10-11H2,1-3H3. The van der Waals surface area contributed by atoms with Gasteiger partial charge in [-0.25, -0.2) is 0 Å². The van der Waals surface area contributed by atoms with Crippen molar-refractivity contribution in [3.8, 4) is 0 Å². The van der Waals surface area contributed by atoms with E-state index in [4.69, 9.17) is 0 Å². The van der Waals surface area contributed by atoms with Crippen molar-refractivity contribution in [1.29, 1.82) is 0 Å². The van der Waals surface area contributed by atoms with Gasteiger partial charge in [-0.3, -0.25) is 0 Å². The van der Waals surface area contributed by atoms with Crippen molar-refractivity contribution >= 4 is 11.8 Å². The molecule has 2 nitrogen and oxygen atoms in total. The molecule has 0 aliphatic heterocycles. The summed E-state index contributed by atoms with van der Waals surface area (Å²) >= 11 is 1.79. The van der Waals surface area contributed by atoms with Gasteiger partial charge in [0.25, 0.3) is 0 Å². The van der Waals surface area contributed by atoms with Gasteiger partial charge >= 0.3 is 0 Å². The van der Waals surface area contributed by atoms with E-state index in [0.29, 0.717) is 6.04 Å². The molecule has 1 aliphatic rings. The van der Waals surface area contributed by atoms with Crippen LogP contribution in [0.2, 0.25) is 0 Å². The fourth-order valence-electron chi connectivity index (χ4n) is 2.58. The molecule has 1 aliphatic carbocycles. The molecular formula is C17H26N2S. The van der Waals surface area contributed by atoms with E-state index in [1.165, 1.54) is 49.0 Å². The molecule has 0 heterocycles. The molecule has 0 unspecified atom stereocenters. The minimum Gasteiger partial charge on any atom is -0.189 e. The van der Waals surface area contributed by atoms with Crippen molar-refractivity contribution in [2.75, 3.05) is 0 Å². The van der Waals surface area contributed by atoms with Crippen LogP contribution in [0.3, 0.4) is 0 Å². The Morgan fingerprint density at radius 1 is 1.10 bits per heavy atom. The zero-order chi connectivity index (χ0) is 14.4. The minimum absolute atomic E-state index is 0.180. The van der Waals surface area contributed by atoms with Crippen molar-refractivity contribution in [1.82, 2.24) is 0 Å². The van der Waals surface area contributed by atoms with Crippen LogP contribution >= 0.6 is 11.8 Å². The maximum Gasteiger partial charge on any atom is 0.125 e. The average Bonchev–Trinajstić information content (AvgIpc) is 2.64. The van der Waals surface area contributed by atoms with E-state index >= 15 is 0 Å². The highest BCUT2D eigenvalue weighted by molar-refractivity contribution is 8.00. The molecule has 20 heavy (non-hydrogen) atoms. The zero-order valence-electron chi connectivity index (χ0n) is 12.9.